The first-order valence-electron chi connectivity index (χ1n) is 11.5. The number of fused-ring (bicyclic) bond motifs is 3. The van der Waals surface area contributed by atoms with Gasteiger partial charge in [0.25, 0.3) is 0 Å². The molecule has 1 aliphatic rings. The second-order valence-corrected chi connectivity index (χ2v) is 8.43. The van der Waals surface area contributed by atoms with Crippen molar-refractivity contribution in [2.45, 2.75) is 45.6 Å². The minimum Gasteiger partial charge on any atom is -0.481 e. The zero-order valence-corrected chi connectivity index (χ0v) is 19.4. The Morgan fingerprint density at radius 3 is 2.12 bits per heavy atom. The fourth-order valence-electron chi connectivity index (χ4n) is 4.33. The SMILES string of the molecule is CCCC(NC(=O)OCC1c2ccccc2-c2ccccc21)C(=O)N(CC)CC(C)C(=O)O. The summed E-state index contributed by atoms with van der Waals surface area (Å²) in [6.45, 7) is 5.91. The van der Waals surface area contributed by atoms with Crippen LogP contribution in [0.3, 0.4) is 0 Å². The number of aliphatic carboxylic acids is 1. The van der Waals surface area contributed by atoms with Gasteiger partial charge in [0.15, 0.2) is 0 Å². The molecule has 2 atom stereocenters. The van der Waals surface area contributed by atoms with Crippen molar-refractivity contribution in [2.24, 2.45) is 5.92 Å². The summed E-state index contributed by atoms with van der Waals surface area (Å²) in [7, 11) is 0. The number of nitrogens with zero attached hydrogens (tertiary/aromatic N) is 1. The first-order chi connectivity index (χ1) is 15.9. The number of ether oxygens (including phenoxy) is 1. The van der Waals surface area contributed by atoms with Crippen molar-refractivity contribution in [3.05, 3.63) is 59.7 Å². The Bertz CT molecular complexity index is 960. The molecule has 33 heavy (non-hydrogen) atoms. The van der Waals surface area contributed by atoms with Crippen molar-refractivity contribution in [3.63, 3.8) is 0 Å². The largest absolute Gasteiger partial charge is 0.481 e. The molecular formula is C26H32N2O5. The molecule has 3 rings (SSSR count). The van der Waals surface area contributed by atoms with E-state index >= 15 is 0 Å². The lowest BCUT2D eigenvalue weighted by Gasteiger charge is -2.28. The number of rotatable bonds is 10. The summed E-state index contributed by atoms with van der Waals surface area (Å²) in [6.07, 6.45) is 0.485. The van der Waals surface area contributed by atoms with Gasteiger partial charge in [-0.2, -0.15) is 0 Å². The number of alkyl carbamates (subject to hydrolysis) is 1. The highest BCUT2D eigenvalue weighted by Gasteiger charge is 2.31. The minimum absolute atomic E-state index is 0.0629. The van der Waals surface area contributed by atoms with E-state index in [-0.39, 0.29) is 25.0 Å². The first kappa shape index (κ1) is 24.3. The standard InChI is InChI=1S/C26H32N2O5/c1-4-10-23(24(29)28(5-2)15-17(3)25(30)31)27-26(32)33-16-22-20-13-8-6-11-18(20)19-12-7-9-14-21(19)22/h6-9,11-14,17,22-23H,4-5,10,15-16H2,1-3H3,(H,27,32)(H,30,31). The number of hydrogen-bond acceptors (Lipinski definition) is 4. The number of likely N-dealkylation sites (N-methyl/N-ethyl adjacent to an activating group) is 1. The number of nitrogens with one attached hydrogen (secondary N) is 1. The van der Waals surface area contributed by atoms with Gasteiger partial charge < -0.3 is 20.1 Å². The van der Waals surface area contributed by atoms with Crippen LogP contribution < -0.4 is 5.32 Å². The molecule has 2 N–H and O–H groups in total. The molecule has 0 aliphatic heterocycles. The molecular weight excluding hydrogens is 420 g/mol. The van der Waals surface area contributed by atoms with Crippen LogP contribution in [0.2, 0.25) is 0 Å². The van der Waals surface area contributed by atoms with Crippen LogP contribution in [-0.2, 0) is 14.3 Å². The number of carboxylic acid groups (broad SMARTS) is 1. The van der Waals surface area contributed by atoms with Crippen molar-refractivity contribution in [1.82, 2.24) is 10.2 Å². The Morgan fingerprint density at radius 1 is 1.03 bits per heavy atom. The van der Waals surface area contributed by atoms with Crippen molar-refractivity contribution >= 4 is 18.0 Å². The van der Waals surface area contributed by atoms with Crippen molar-refractivity contribution in [2.75, 3.05) is 19.7 Å². The van der Waals surface area contributed by atoms with E-state index in [4.69, 9.17) is 4.74 Å². The molecule has 0 heterocycles. The predicted octanol–water partition coefficient (Wildman–Crippen LogP) is 4.26. The van der Waals surface area contributed by atoms with Crippen LogP contribution in [0, 0.1) is 5.92 Å². The zero-order valence-electron chi connectivity index (χ0n) is 19.4. The van der Waals surface area contributed by atoms with Gasteiger partial charge in [-0.1, -0.05) is 68.8 Å². The molecule has 0 fully saturated rings. The normalized spacial score (nSPS) is 14.0. The number of carbonyl (C=O) groups excluding carboxylic acids is 2. The molecule has 2 aromatic rings. The quantitative estimate of drug-likeness (QED) is 0.561. The smallest absolute Gasteiger partial charge is 0.407 e. The Morgan fingerprint density at radius 2 is 1.61 bits per heavy atom. The maximum Gasteiger partial charge on any atom is 0.407 e. The average molecular weight is 453 g/mol. The Balaban J connectivity index is 1.66. The van der Waals surface area contributed by atoms with Gasteiger partial charge in [-0.25, -0.2) is 4.79 Å². The lowest BCUT2D eigenvalue weighted by atomic mass is 9.98. The molecule has 0 saturated heterocycles. The van der Waals surface area contributed by atoms with E-state index in [9.17, 15) is 19.5 Å². The minimum atomic E-state index is -0.960. The lowest BCUT2D eigenvalue weighted by molar-refractivity contribution is -0.143. The molecule has 2 amide bonds. The summed E-state index contributed by atoms with van der Waals surface area (Å²) in [5.74, 6) is -2.00. The zero-order chi connectivity index (χ0) is 24.0. The lowest BCUT2D eigenvalue weighted by Crippen LogP contribution is -2.50. The molecule has 1 aliphatic carbocycles. The monoisotopic (exact) mass is 452 g/mol. The Labute approximate surface area is 194 Å². The molecule has 0 spiro atoms. The second kappa shape index (κ2) is 11.0. The van der Waals surface area contributed by atoms with Gasteiger partial charge in [0.2, 0.25) is 5.91 Å². The molecule has 2 aromatic carbocycles. The van der Waals surface area contributed by atoms with E-state index in [0.717, 1.165) is 22.3 Å². The van der Waals surface area contributed by atoms with Crippen LogP contribution in [0.4, 0.5) is 4.79 Å². The highest BCUT2D eigenvalue weighted by molar-refractivity contribution is 5.86. The van der Waals surface area contributed by atoms with Crippen LogP contribution in [0.25, 0.3) is 11.1 Å². The highest BCUT2D eigenvalue weighted by atomic mass is 16.5. The van der Waals surface area contributed by atoms with Crippen molar-refractivity contribution in [1.29, 1.82) is 0 Å². The summed E-state index contributed by atoms with van der Waals surface area (Å²) >= 11 is 0. The highest BCUT2D eigenvalue weighted by Crippen LogP contribution is 2.44. The average Bonchev–Trinajstić information content (AvgIpc) is 3.14. The molecule has 0 saturated carbocycles. The fourth-order valence-corrected chi connectivity index (χ4v) is 4.33. The summed E-state index contributed by atoms with van der Waals surface area (Å²) in [5, 5.41) is 11.9. The Kier molecular flexibility index (Phi) is 8.09. The molecule has 0 radical (unpaired) electrons. The van der Waals surface area contributed by atoms with Gasteiger partial charge in [-0.15, -0.1) is 0 Å². The van der Waals surface area contributed by atoms with Gasteiger partial charge in [0.05, 0.1) is 5.92 Å². The number of amides is 2. The van der Waals surface area contributed by atoms with Crippen molar-refractivity contribution in [3.8, 4) is 11.1 Å². The summed E-state index contributed by atoms with van der Waals surface area (Å²) in [6, 6.07) is 15.4. The first-order valence-corrected chi connectivity index (χ1v) is 11.5. The van der Waals surface area contributed by atoms with Crippen LogP contribution >= 0.6 is 0 Å². The third-order valence-corrected chi connectivity index (χ3v) is 6.12. The van der Waals surface area contributed by atoms with Crippen LogP contribution in [0.1, 0.15) is 50.7 Å². The fraction of sp³-hybridized carbons (Fsp3) is 0.423. The number of carbonyl (C=O) groups is 3. The van der Waals surface area contributed by atoms with Gasteiger partial charge >= 0.3 is 12.1 Å². The summed E-state index contributed by atoms with van der Waals surface area (Å²) < 4.78 is 5.58. The third kappa shape index (κ3) is 5.53. The molecule has 0 bridgehead atoms. The van der Waals surface area contributed by atoms with E-state index in [1.54, 1.807) is 13.8 Å². The number of hydrogen-bond donors (Lipinski definition) is 2. The van der Waals surface area contributed by atoms with E-state index < -0.39 is 24.0 Å². The predicted molar refractivity (Wildman–Crippen MR) is 126 cm³/mol. The Hall–Kier alpha value is -3.35. The molecule has 0 aromatic heterocycles. The summed E-state index contributed by atoms with van der Waals surface area (Å²) in [5.41, 5.74) is 4.53. The maximum absolute atomic E-state index is 13.0. The van der Waals surface area contributed by atoms with Crippen LogP contribution in [0.15, 0.2) is 48.5 Å². The third-order valence-electron chi connectivity index (χ3n) is 6.12. The van der Waals surface area contributed by atoms with Gasteiger partial charge in [-0.3, -0.25) is 9.59 Å². The molecule has 7 nitrogen and oxygen atoms in total. The topological polar surface area (TPSA) is 95.9 Å². The van der Waals surface area contributed by atoms with Crippen LogP contribution in [-0.4, -0.2) is 53.7 Å². The van der Waals surface area contributed by atoms with Crippen LogP contribution in [0.5, 0.6) is 0 Å². The molecule has 2 unspecified atom stereocenters. The van der Waals surface area contributed by atoms with Crippen molar-refractivity contribution < 1.29 is 24.2 Å². The van der Waals surface area contributed by atoms with Gasteiger partial charge in [0, 0.05) is 19.0 Å². The van der Waals surface area contributed by atoms with E-state index in [1.165, 1.54) is 4.90 Å². The van der Waals surface area contributed by atoms with Gasteiger partial charge in [0.1, 0.15) is 12.6 Å². The second-order valence-electron chi connectivity index (χ2n) is 8.43. The van der Waals surface area contributed by atoms with E-state index in [1.807, 2.05) is 43.3 Å². The number of carboxylic acids is 1. The van der Waals surface area contributed by atoms with E-state index in [2.05, 4.69) is 17.4 Å². The molecule has 7 heteroatoms. The summed E-state index contributed by atoms with van der Waals surface area (Å²) in [4.78, 5) is 38.3. The number of benzene rings is 2. The maximum atomic E-state index is 13.0. The van der Waals surface area contributed by atoms with Gasteiger partial charge in [-0.05, 0) is 35.6 Å². The van der Waals surface area contributed by atoms with E-state index in [0.29, 0.717) is 19.4 Å². The molecule has 176 valence electrons.